The van der Waals surface area contributed by atoms with E-state index in [1.165, 1.54) is 0 Å². The number of hydroxylamine groups is 2. The van der Waals surface area contributed by atoms with Crippen LogP contribution in [0.1, 0.15) is 66.2 Å². The molecule has 0 radical (unpaired) electrons. The number of unbranched alkanes of at least 4 members (excludes halogenated alkanes) is 1. The molecule has 1 rings (SSSR count). The van der Waals surface area contributed by atoms with Gasteiger partial charge in [-0.3, -0.25) is 19.6 Å². The van der Waals surface area contributed by atoms with Crippen LogP contribution in [0.2, 0.25) is 0 Å². The van der Waals surface area contributed by atoms with Crippen LogP contribution in [-0.2, 0) is 14.4 Å². The summed E-state index contributed by atoms with van der Waals surface area (Å²) in [4.78, 5) is 38.4. The summed E-state index contributed by atoms with van der Waals surface area (Å²) >= 11 is 0. The lowest BCUT2D eigenvalue weighted by molar-refractivity contribution is -0.155. The third-order valence-corrected chi connectivity index (χ3v) is 4.87. The first-order valence-corrected chi connectivity index (χ1v) is 9.70. The van der Waals surface area contributed by atoms with E-state index in [0.717, 1.165) is 45.2 Å². The van der Waals surface area contributed by atoms with Gasteiger partial charge in [-0.25, -0.2) is 5.06 Å². The average Bonchev–Trinajstić information content (AvgIpc) is 2.61. The predicted octanol–water partition coefficient (Wildman–Crippen LogP) is 2.18. The number of rotatable bonds is 9. The summed E-state index contributed by atoms with van der Waals surface area (Å²) in [5, 5.41) is 12.9. The maximum atomic E-state index is 13.0. The molecule has 0 aliphatic carbocycles. The molecule has 0 aromatic heterocycles. The van der Waals surface area contributed by atoms with Crippen molar-refractivity contribution in [2.45, 2.75) is 72.3 Å². The minimum absolute atomic E-state index is 0.0453. The highest BCUT2D eigenvalue weighted by Crippen LogP contribution is 2.24. The zero-order valence-corrected chi connectivity index (χ0v) is 16.7. The van der Waals surface area contributed by atoms with E-state index in [4.69, 9.17) is 0 Å². The zero-order chi connectivity index (χ0) is 19.7. The molecule has 1 fully saturated rings. The highest BCUT2D eigenvalue weighted by atomic mass is 16.5. The van der Waals surface area contributed by atoms with Crippen molar-refractivity contribution >= 4 is 18.2 Å². The van der Waals surface area contributed by atoms with Crippen LogP contribution < -0.4 is 5.32 Å². The number of carbonyl (C=O) groups is 3. The van der Waals surface area contributed by atoms with Gasteiger partial charge in [0.25, 0.3) is 0 Å². The van der Waals surface area contributed by atoms with Crippen molar-refractivity contribution in [2.75, 3.05) is 19.6 Å². The van der Waals surface area contributed by atoms with E-state index in [-0.39, 0.29) is 18.4 Å². The highest BCUT2D eigenvalue weighted by molar-refractivity contribution is 5.89. The lowest BCUT2D eigenvalue weighted by Crippen LogP contribution is -2.57. The molecule has 0 aromatic rings. The van der Waals surface area contributed by atoms with Crippen molar-refractivity contribution < 1.29 is 19.6 Å². The van der Waals surface area contributed by atoms with Gasteiger partial charge in [-0.2, -0.15) is 0 Å². The van der Waals surface area contributed by atoms with Crippen LogP contribution in [0.15, 0.2) is 0 Å². The first-order chi connectivity index (χ1) is 12.2. The third-order valence-electron chi connectivity index (χ3n) is 4.87. The number of nitrogens with zero attached hydrogens (tertiary/aromatic N) is 2. The van der Waals surface area contributed by atoms with E-state index in [1.807, 2.05) is 32.6 Å². The van der Waals surface area contributed by atoms with E-state index in [9.17, 15) is 19.6 Å². The van der Waals surface area contributed by atoms with Crippen molar-refractivity contribution in [3.8, 4) is 0 Å². The fourth-order valence-corrected chi connectivity index (χ4v) is 3.23. The maximum absolute atomic E-state index is 13.0. The summed E-state index contributed by atoms with van der Waals surface area (Å²) in [6.07, 6.45) is 5.70. The van der Waals surface area contributed by atoms with Crippen LogP contribution >= 0.6 is 0 Å². The molecule has 0 spiro atoms. The van der Waals surface area contributed by atoms with Gasteiger partial charge in [0.2, 0.25) is 18.2 Å². The van der Waals surface area contributed by atoms with Crippen LogP contribution in [0.5, 0.6) is 0 Å². The summed E-state index contributed by atoms with van der Waals surface area (Å²) in [6, 6.07) is -0.624. The molecular weight excluding hydrogens is 334 g/mol. The Morgan fingerprint density at radius 1 is 1.23 bits per heavy atom. The molecule has 2 N–H and O–H groups in total. The lowest BCUT2D eigenvalue weighted by atomic mass is 9.84. The quantitative estimate of drug-likeness (QED) is 0.370. The Kier molecular flexibility index (Phi) is 9.05. The van der Waals surface area contributed by atoms with Gasteiger partial charge in [0.15, 0.2) is 0 Å². The average molecular weight is 370 g/mol. The minimum atomic E-state index is -0.624. The Morgan fingerprint density at radius 2 is 1.85 bits per heavy atom. The monoisotopic (exact) mass is 369 g/mol. The van der Waals surface area contributed by atoms with Crippen LogP contribution in [0.3, 0.4) is 0 Å². The fraction of sp³-hybridized carbons (Fsp3) is 0.842. The van der Waals surface area contributed by atoms with Gasteiger partial charge in [-0.05, 0) is 31.1 Å². The third kappa shape index (κ3) is 6.94. The summed E-state index contributed by atoms with van der Waals surface area (Å²) < 4.78 is 0. The number of piperidine rings is 1. The summed E-state index contributed by atoms with van der Waals surface area (Å²) in [7, 11) is 0. The Bertz CT molecular complexity index is 470. The topological polar surface area (TPSA) is 90.0 Å². The number of hydrogen-bond acceptors (Lipinski definition) is 4. The zero-order valence-electron chi connectivity index (χ0n) is 16.7. The van der Waals surface area contributed by atoms with Crippen LogP contribution in [-0.4, -0.2) is 59.1 Å². The Morgan fingerprint density at radius 3 is 2.35 bits per heavy atom. The molecule has 1 saturated heterocycles. The standard InChI is InChI=1S/C19H35N3O4/c1-5-6-10-15(13-22(26)14-23)17(24)20-16(19(2,3)4)18(25)21-11-8-7-9-12-21/h14-16,26H,5-13H2,1-4H3,(H,20,24)/t15-,16-/m1/s1. The number of nitrogens with one attached hydrogen (secondary N) is 1. The first-order valence-electron chi connectivity index (χ1n) is 9.70. The fourth-order valence-electron chi connectivity index (χ4n) is 3.23. The lowest BCUT2D eigenvalue weighted by Gasteiger charge is -2.37. The first kappa shape index (κ1) is 22.4. The molecular formula is C19H35N3O4. The number of hydrogen-bond donors (Lipinski definition) is 2. The van der Waals surface area contributed by atoms with Crippen molar-refractivity contribution in [1.82, 2.24) is 15.3 Å². The van der Waals surface area contributed by atoms with Crippen molar-refractivity contribution in [3.63, 3.8) is 0 Å². The van der Waals surface area contributed by atoms with Crippen LogP contribution in [0.25, 0.3) is 0 Å². The van der Waals surface area contributed by atoms with Crippen molar-refractivity contribution in [1.29, 1.82) is 0 Å². The normalized spacial score (nSPS) is 17.3. The molecule has 2 atom stereocenters. The number of carbonyl (C=O) groups excluding carboxylic acids is 3. The highest BCUT2D eigenvalue weighted by Gasteiger charge is 2.37. The molecule has 0 aromatic carbocycles. The van der Waals surface area contributed by atoms with E-state index in [0.29, 0.717) is 17.9 Å². The molecule has 1 aliphatic heterocycles. The van der Waals surface area contributed by atoms with Crippen LogP contribution in [0.4, 0.5) is 0 Å². The second-order valence-electron chi connectivity index (χ2n) is 8.26. The largest absolute Gasteiger partial charge is 0.344 e. The number of likely N-dealkylation sites (tertiary alicyclic amines) is 1. The summed E-state index contributed by atoms with van der Waals surface area (Å²) in [5.41, 5.74) is -0.428. The van der Waals surface area contributed by atoms with Gasteiger partial charge in [0, 0.05) is 13.1 Å². The molecule has 0 saturated carbocycles. The SMILES string of the molecule is CCCC[C@H](CN(O)C=O)C(=O)N[C@H](C(=O)N1CCCCC1)C(C)(C)C. The molecule has 26 heavy (non-hydrogen) atoms. The van der Waals surface area contributed by atoms with Gasteiger partial charge < -0.3 is 10.2 Å². The van der Waals surface area contributed by atoms with Gasteiger partial charge in [0.05, 0.1) is 12.5 Å². The van der Waals surface area contributed by atoms with E-state index in [2.05, 4.69) is 5.32 Å². The van der Waals surface area contributed by atoms with Gasteiger partial charge in [-0.1, -0.05) is 40.5 Å². The molecule has 3 amide bonds. The van der Waals surface area contributed by atoms with Crippen LogP contribution in [0, 0.1) is 11.3 Å². The molecule has 0 bridgehead atoms. The van der Waals surface area contributed by atoms with E-state index < -0.39 is 17.4 Å². The smallest absolute Gasteiger partial charge is 0.245 e. The summed E-state index contributed by atoms with van der Waals surface area (Å²) in [5.74, 6) is -0.871. The molecule has 7 nitrogen and oxygen atoms in total. The molecule has 1 heterocycles. The summed E-state index contributed by atoms with van der Waals surface area (Å²) in [6.45, 7) is 9.22. The van der Waals surface area contributed by atoms with E-state index in [1.54, 1.807) is 0 Å². The molecule has 150 valence electrons. The van der Waals surface area contributed by atoms with E-state index >= 15 is 0 Å². The maximum Gasteiger partial charge on any atom is 0.245 e. The Labute approximate surface area is 157 Å². The number of amides is 3. The second kappa shape index (κ2) is 10.5. The second-order valence-corrected chi connectivity index (χ2v) is 8.26. The van der Waals surface area contributed by atoms with Gasteiger partial charge >= 0.3 is 0 Å². The Balaban J connectivity index is 2.87. The predicted molar refractivity (Wildman–Crippen MR) is 99.4 cm³/mol. The minimum Gasteiger partial charge on any atom is -0.344 e. The molecule has 7 heteroatoms. The molecule has 1 aliphatic rings. The van der Waals surface area contributed by atoms with Crippen molar-refractivity contribution in [2.24, 2.45) is 11.3 Å². The van der Waals surface area contributed by atoms with Gasteiger partial charge in [-0.15, -0.1) is 0 Å². The molecule has 0 unspecified atom stereocenters. The van der Waals surface area contributed by atoms with Gasteiger partial charge in [0.1, 0.15) is 6.04 Å². The Hall–Kier alpha value is -1.63. The van der Waals surface area contributed by atoms with Crippen molar-refractivity contribution in [3.05, 3.63) is 0 Å².